The molecule has 1 atom stereocenters. The van der Waals surface area contributed by atoms with Gasteiger partial charge in [-0.2, -0.15) is 0 Å². The number of aromatic nitrogens is 1. The lowest BCUT2D eigenvalue weighted by atomic mass is 10.0. The number of pyridine rings is 1. The Bertz CT molecular complexity index is 284. The number of nitrogens with one attached hydrogen (secondary N) is 1. The summed E-state index contributed by atoms with van der Waals surface area (Å²) >= 11 is 0. The molecule has 2 heteroatoms. The standard InChI is InChI=1S/C16H28N2/c1-3-5-6-7-10-16(18-4-2)12-11-15-9-8-13-17-14-15/h8-9,13-14,16,18H,3-7,10-12H2,1-2H3. The van der Waals surface area contributed by atoms with Crippen molar-refractivity contribution in [3.8, 4) is 0 Å². The molecule has 0 spiro atoms. The maximum atomic E-state index is 4.17. The molecule has 1 N–H and O–H groups in total. The van der Waals surface area contributed by atoms with Gasteiger partial charge in [0.25, 0.3) is 0 Å². The molecule has 0 aliphatic heterocycles. The van der Waals surface area contributed by atoms with Gasteiger partial charge in [0.05, 0.1) is 0 Å². The van der Waals surface area contributed by atoms with Crippen LogP contribution < -0.4 is 5.32 Å². The second-order valence-electron chi connectivity index (χ2n) is 5.00. The number of rotatable bonds is 10. The molecular formula is C16H28N2. The smallest absolute Gasteiger partial charge is 0.0299 e. The van der Waals surface area contributed by atoms with Crippen LogP contribution in [0.15, 0.2) is 24.5 Å². The third-order valence-electron chi connectivity index (χ3n) is 3.40. The molecule has 0 fully saturated rings. The van der Waals surface area contributed by atoms with E-state index in [0.29, 0.717) is 6.04 Å². The van der Waals surface area contributed by atoms with Gasteiger partial charge in [-0.1, -0.05) is 45.6 Å². The lowest BCUT2D eigenvalue weighted by molar-refractivity contribution is 0.441. The molecule has 1 aromatic heterocycles. The lowest BCUT2D eigenvalue weighted by Crippen LogP contribution is -2.29. The van der Waals surface area contributed by atoms with E-state index in [1.54, 1.807) is 0 Å². The van der Waals surface area contributed by atoms with Crippen LogP contribution in [0.3, 0.4) is 0 Å². The Labute approximate surface area is 112 Å². The van der Waals surface area contributed by atoms with Crippen molar-refractivity contribution in [1.82, 2.24) is 10.3 Å². The van der Waals surface area contributed by atoms with Gasteiger partial charge in [0, 0.05) is 18.4 Å². The van der Waals surface area contributed by atoms with Gasteiger partial charge in [-0.15, -0.1) is 0 Å². The Hall–Kier alpha value is -0.890. The van der Waals surface area contributed by atoms with E-state index < -0.39 is 0 Å². The Morgan fingerprint density at radius 1 is 1.17 bits per heavy atom. The predicted molar refractivity (Wildman–Crippen MR) is 78.8 cm³/mol. The van der Waals surface area contributed by atoms with Gasteiger partial charge in [-0.3, -0.25) is 4.98 Å². The summed E-state index contributed by atoms with van der Waals surface area (Å²) in [6, 6.07) is 4.87. The van der Waals surface area contributed by atoms with Gasteiger partial charge in [-0.05, 0) is 37.4 Å². The van der Waals surface area contributed by atoms with Crippen LogP contribution in [0.1, 0.15) is 57.9 Å². The topological polar surface area (TPSA) is 24.9 Å². The zero-order chi connectivity index (χ0) is 13.1. The van der Waals surface area contributed by atoms with Crippen LogP contribution in [-0.2, 0) is 6.42 Å². The molecule has 0 radical (unpaired) electrons. The van der Waals surface area contributed by atoms with Gasteiger partial charge < -0.3 is 5.32 Å². The number of hydrogen-bond acceptors (Lipinski definition) is 2. The number of nitrogens with zero attached hydrogens (tertiary/aromatic N) is 1. The molecule has 1 rings (SSSR count). The maximum Gasteiger partial charge on any atom is 0.0299 e. The fourth-order valence-electron chi connectivity index (χ4n) is 2.34. The summed E-state index contributed by atoms with van der Waals surface area (Å²) in [7, 11) is 0. The maximum absolute atomic E-state index is 4.17. The average Bonchev–Trinajstić information content (AvgIpc) is 2.42. The van der Waals surface area contributed by atoms with Crippen molar-refractivity contribution in [2.75, 3.05) is 6.54 Å². The van der Waals surface area contributed by atoms with Crippen LogP contribution in [0.2, 0.25) is 0 Å². The van der Waals surface area contributed by atoms with Crippen molar-refractivity contribution in [3.63, 3.8) is 0 Å². The molecule has 1 aromatic rings. The minimum absolute atomic E-state index is 0.673. The summed E-state index contributed by atoms with van der Waals surface area (Å²) in [4.78, 5) is 4.17. The van der Waals surface area contributed by atoms with E-state index in [-0.39, 0.29) is 0 Å². The molecule has 102 valence electrons. The number of hydrogen-bond donors (Lipinski definition) is 1. The fourth-order valence-corrected chi connectivity index (χ4v) is 2.34. The highest BCUT2D eigenvalue weighted by atomic mass is 14.9. The third-order valence-corrected chi connectivity index (χ3v) is 3.40. The van der Waals surface area contributed by atoms with Crippen LogP contribution in [0.5, 0.6) is 0 Å². The van der Waals surface area contributed by atoms with E-state index in [1.165, 1.54) is 44.1 Å². The summed E-state index contributed by atoms with van der Waals surface area (Å²) in [6.07, 6.45) is 12.9. The average molecular weight is 248 g/mol. The van der Waals surface area contributed by atoms with Crippen LogP contribution in [0.25, 0.3) is 0 Å². The highest BCUT2D eigenvalue weighted by Crippen LogP contribution is 2.11. The number of unbranched alkanes of at least 4 members (excludes halogenated alkanes) is 3. The summed E-state index contributed by atoms with van der Waals surface area (Å²) in [5, 5.41) is 3.61. The van der Waals surface area contributed by atoms with Crippen LogP contribution in [-0.4, -0.2) is 17.6 Å². The molecule has 0 amide bonds. The van der Waals surface area contributed by atoms with Crippen molar-refractivity contribution in [1.29, 1.82) is 0 Å². The van der Waals surface area contributed by atoms with E-state index in [4.69, 9.17) is 0 Å². The summed E-state index contributed by atoms with van der Waals surface area (Å²) in [5.74, 6) is 0. The minimum atomic E-state index is 0.673. The monoisotopic (exact) mass is 248 g/mol. The van der Waals surface area contributed by atoms with Gasteiger partial charge in [0.2, 0.25) is 0 Å². The molecule has 0 saturated carbocycles. The number of aryl methyl sites for hydroxylation is 1. The summed E-state index contributed by atoms with van der Waals surface area (Å²) in [5.41, 5.74) is 1.36. The Morgan fingerprint density at radius 2 is 2.06 bits per heavy atom. The SMILES string of the molecule is CCCCCCC(CCc1cccnc1)NCC. The van der Waals surface area contributed by atoms with Crippen molar-refractivity contribution in [3.05, 3.63) is 30.1 Å². The van der Waals surface area contributed by atoms with Crippen molar-refractivity contribution >= 4 is 0 Å². The Morgan fingerprint density at radius 3 is 2.72 bits per heavy atom. The van der Waals surface area contributed by atoms with Crippen LogP contribution in [0.4, 0.5) is 0 Å². The van der Waals surface area contributed by atoms with E-state index in [9.17, 15) is 0 Å². The molecule has 0 aliphatic carbocycles. The second kappa shape index (κ2) is 10.1. The van der Waals surface area contributed by atoms with E-state index >= 15 is 0 Å². The summed E-state index contributed by atoms with van der Waals surface area (Å²) < 4.78 is 0. The highest BCUT2D eigenvalue weighted by Gasteiger charge is 2.07. The van der Waals surface area contributed by atoms with Gasteiger partial charge in [-0.25, -0.2) is 0 Å². The first-order valence-electron chi connectivity index (χ1n) is 7.49. The normalized spacial score (nSPS) is 12.6. The zero-order valence-corrected chi connectivity index (χ0v) is 12.0. The van der Waals surface area contributed by atoms with Crippen molar-refractivity contribution in [2.24, 2.45) is 0 Å². The van der Waals surface area contributed by atoms with E-state index in [0.717, 1.165) is 13.0 Å². The highest BCUT2D eigenvalue weighted by molar-refractivity contribution is 5.08. The van der Waals surface area contributed by atoms with Crippen LogP contribution in [0, 0.1) is 0 Å². The molecule has 0 aliphatic rings. The lowest BCUT2D eigenvalue weighted by Gasteiger charge is -2.17. The molecule has 1 heterocycles. The van der Waals surface area contributed by atoms with E-state index in [2.05, 4.69) is 30.2 Å². The largest absolute Gasteiger partial charge is 0.314 e. The van der Waals surface area contributed by atoms with Gasteiger partial charge in [0.15, 0.2) is 0 Å². The van der Waals surface area contributed by atoms with E-state index in [1.807, 2.05) is 18.5 Å². The van der Waals surface area contributed by atoms with Gasteiger partial charge in [0.1, 0.15) is 0 Å². The minimum Gasteiger partial charge on any atom is -0.314 e. The molecule has 0 aromatic carbocycles. The van der Waals surface area contributed by atoms with Crippen molar-refractivity contribution < 1.29 is 0 Å². The molecule has 0 bridgehead atoms. The van der Waals surface area contributed by atoms with Crippen LogP contribution >= 0.6 is 0 Å². The molecule has 0 saturated heterocycles. The quantitative estimate of drug-likeness (QED) is 0.634. The Kier molecular flexibility index (Phi) is 8.49. The Balaban J connectivity index is 2.24. The predicted octanol–water partition coefficient (Wildman–Crippen LogP) is 3.96. The summed E-state index contributed by atoms with van der Waals surface area (Å²) in [6.45, 7) is 5.54. The van der Waals surface area contributed by atoms with Crippen molar-refractivity contribution in [2.45, 2.75) is 64.8 Å². The first kappa shape index (κ1) is 15.2. The second-order valence-corrected chi connectivity index (χ2v) is 5.00. The first-order valence-corrected chi connectivity index (χ1v) is 7.49. The van der Waals surface area contributed by atoms with Gasteiger partial charge >= 0.3 is 0 Å². The first-order chi connectivity index (χ1) is 8.86. The molecule has 1 unspecified atom stereocenters. The molecular weight excluding hydrogens is 220 g/mol. The fraction of sp³-hybridized carbons (Fsp3) is 0.688. The third kappa shape index (κ3) is 6.75. The zero-order valence-electron chi connectivity index (χ0n) is 12.0. The molecule has 18 heavy (non-hydrogen) atoms. The molecule has 2 nitrogen and oxygen atoms in total.